The van der Waals surface area contributed by atoms with Crippen LogP contribution in [0.4, 0.5) is 5.69 Å². The molecule has 118 valence electrons. The second kappa shape index (κ2) is 7.25. The lowest BCUT2D eigenvalue weighted by Crippen LogP contribution is -2.31. The second-order valence-corrected chi connectivity index (χ2v) is 5.62. The van der Waals surface area contributed by atoms with E-state index in [1.54, 1.807) is 12.1 Å². The SMILES string of the molecule is CCCCN(CCCC)c1ccc(-c2c(O)c(=O)c2=O)cc1. The number of aromatic hydroxyl groups is 1. The van der Waals surface area contributed by atoms with E-state index in [0.717, 1.165) is 44.5 Å². The molecule has 0 saturated carbocycles. The maximum atomic E-state index is 11.5. The van der Waals surface area contributed by atoms with Gasteiger partial charge in [-0.15, -0.1) is 0 Å². The lowest BCUT2D eigenvalue weighted by atomic mass is 10.00. The van der Waals surface area contributed by atoms with E-state index in [1.165, 1.54) is 0 Å². The molecule has 0 fully saturated rings. The highest BCUT2D eigenvalue weighted by atomic mass is 16.3. The van der Waals surface area contributed by atoms with Crippen molar-refractivity contribution in [3.05, 3.63) is 44.7 Å². The van der Waals surface area contributed by atoms with Gasteiger partial charge in [0.25, 0.3) is 5.43 Å². The minimum atomic E-state index is -0.786. The van der Waals surface area contributed by atoms with Crippen LogP contribution in [0.3, 0.4) is 0 Å². The summed E-state index contributed by atoms with van der Waals surface area (Å²) in [6.07, 6.45) is 4.59. The quantitative estimate of drug-likeness (QED) is 0.761. The molecule has 0 bridgehead atoms. The predicted octanol–water partition coefficient (Wildman–Crippen LogP) is 3.06. The molecule has 0 heterocycles. The van der Waals surface area contributed by atoms with E-state index in [1.807, 2.05) is 12.1 Å². The second-order valence-electron chi connectivity index (χ2n) is 5.62. The standard InChI is InChI=1S/C18H23NO3/c1-3-5-11-19(12-6-4-2)14-9-7-13(8-10-14)15-16(20)18(22)17(15)21/h7-10,20H,3-6,11-12H2,1-2H3. The van der Waals surface area contributed by atoms with Crippen molar-refractivity contribution in [1.82, 2.24) is 0 Å². The number of hydrogen-bond acceptors (Lipinski definition) is 4. The summed E-state index contributed by atoms with van der Waals surface area (Å²) in [4.78, 5) is 24.9. The first-order valence-electron chi connectivity index (χ1n) is 7.97. The van der Waals surface area contributed by atoms with Crippen molar-refractivity contribution in [3.63, 3.8) is 0 Å². The molecule has 0 aliphatic heterocycles. The molecule has 22 heavy (non-hydrogen) atoms. The van der Waals surface area contributed by atoms with Crippen LogP contribution >= 0.6 is 0 Å². The van der Waals surface area contributed by atoms with E-state index in [2.05, 4.69) is 18.7 Å². The summed E-state index contributed by atoms with van der Waals surface area (Å²) in [6, 6.07) is 7.51. The Morgan fingerprint density at radius 1 is 0.909 bits per heavy atom. The molecular formula is C18H23NO3. The minimum absolute atomic E-state index is 0.144. The largest absolute Gasteiger partial charge is 0.503 e. The summed E-state index contributed by atoms with van der Waals surface area (Å²) in [5, 5.41) is 9.51. The fraction of sp³-hybridized carbons (Fsp3) is 0.444. The molecule has 0 aromatic heterocycles. The van der Waals surface area contributed by atoms with Gasteiger partial charge in [0.15, 0.2) is 5.75 Å². The zero-order valence-corrected chi connectivity index (χ0v) is 13.3. The molecule has 4 nitrogen and oxygen atoms in total. The maximum Gasteiger partial charge on any atom is 0.268 e. The van der Waals surface area contributed by atoms with Crippen molar-refractivity contribution in [2.75, 3.05) is 18.0 Å². The molecule has 2 rings (SSSR count). The fourth-order valence-corrected chi connectivity index (χ4v) is 2.55. The number of rotatable bonds is 8. The molecule has 0 amide bonds. The van der Waals surface area contributed by atoms with Crippen LogP contribution in [0, 0.1) is 0 Å². The molecule has 0 aliphatic carbocycles. The predicted molar refractivity (Wildman–Crippen MR) is 90.5 cm³/mol. The minimum Gasteiger partial charge on any atom is -0.503 e. The smallest absolute Gasteiger partial charge is 0.268 e. The van der Waals surface area contributed by atoms with Crippen LogP contribution < -0.4 is 15.8 Å². The number of benzene rings is 1. The number of hydrogen-bond donors (Lipinski definition) is 1. The van der Waals surface area contributed by atoms with Gasteiger partial charge in [-0.05, 0) is 30.5 Å². The molecule has 0 saturated heterocycles. The van der Waals surface area contributed by atoms with Gasteiger partial charge in [0, 0.05) is 18.8 Å². The Morgan fingerprint density at radius 2 is 1.45 bits per heavy atom. The van der Waals surface area contributed by atoms with Crippen LogP contribution in [0.2, 0.25) is 0 Å². The lowest BCUT2D eigenvalue weighted by molar-refractivity contribution is 0.465. The lowest BCUT2D eigenvalue weighted by Gasteiger charge is -2.25. The first kappa shape index (κ1) is 16.3. The zero-order valence-electron chi connectivity index (χ0n) is 13.3. The van der Waals surface area contributed by atoms with Gasteiger partial charge in [0.05, 0.1) is 5.56 Å². The Kier molecular flexibility index (Phi) is 5.36. The molecule has 4 heteroatoms. The van der Waals surface area contributed by atoms with Gasteiger partial charge in [-0.3, -0.25) is 9.59 Å². The molecule has 0 aliphatic rings. The van der Waals surface area contributed by atoms with Crippen LogP contribution in [-0.4, -0.2) is 18.2 Å². The van der Waals surface area contributed by atoms with E-state index in [9.17, 15) is 14.7 Å². The van der Waals surface area contributed by atoms with Gasteiger partial charge in [0.2, 0.25) is 5.43 Å². The summed E-state index contributed by atoms with van der Waals surface area (Å²) in [5.41, 5.74) is 0.483. The number of anilines is 1. The highest BCUT2D eigenvalue weighted by molar-refractivity contribution is 5.74. The van der Waals surface area contributed by atoms with Crippen molar-refractivity contribution < 1.29 is 5.11 Å². The Balaban J connectivity index is 2.18. The molecule has 0 unspecified atom stereocenters. The third-order valence-corrected chi connectivity index (χ3v) is 3.97. The average Bonchev–Trinajstić information content (AvgIpc) is 2.55. The molecule has 1 N–H and O–H groups in total. The maximum absolute atomic E-state index is 11.5. The third-order valence-electron chi connectivity index (χ3n) is 3.97. The molecule has 2 aromatic rings. The van der Waals surface area contributed by atoms with Gasteiger partial charge in [0.1, 0.15) is 0 Å². The Labute approximate surface area is 130 Å². The highest BCUT2D eigenvalue weighted by Gasteiger charge is 2.21. The van der Waals surface area contributed by atoms with Crippen molar-refractivity contribution in [2.24, 2.45) is 0 Å². The highest BCUT2D eigenvalue weighted by Crippen LogP contribution is 2.26. The van der Waals surface area contributed by atoms with Crippen molar-refractivity contribution in [2.45, 2.75) is 39.5 Å². The van der Waals surface area contributed by atoms with E-state index in [0.29, 0.717) is 5.56 Å². The summed E-state index contributed by atoms with van der Waals surface area (Å²) in [7, 11) is 0. The Hall–Kier alpha value is -2.10. The number of nitrogens with zero attached hydrogens (tertiary/aromatic N) is 1. The molecule has 0 atom stereocenters. The van der Waals surface area contributed by atoms with Crippen LogP contribution in [0.15, 0.2) is 33.9 Å². The molecule has 2 aromatic carbocycles. The Bertz CT molecular complexity index is 673. The van der Waals surface area contributed by atoms with E-state index in [-0.39, 0.29) is 5.56 Å². The van der Waals surface area contributed by atoms with Crippen molar-refractivity contribution in [1.29, 1.82) is 0 Å². The molecule has 0 radical (unpaired) electrons. The van der Waals surface area contributed by atoms with E-state index < -0.39 is 16.6 Å². The summed E-state index contributed by atoms with van der Waals surface area (Å²) in [5.74, 6) is -0.411. The topological polar surface area (TPSA) is 57.6 Å². The van der Waals surface area contributed by atoms with Crippen LogP contribution in [-0.2, 0) is 0 Å². The Morgan fingerprint density at radius 3 is 1.91 bits per heavy atom. The summed E-state index contributed by atoms with van der Waals surface area (Å²) >= 11 is 0. The fourth-order valence-electron chi connectivity index (χ4n) is 2.55. The van der Waals surface area contributed by atoms with E-state index >= 15 is 0 Å². The van der Waals surface area contributed by atoms with Crippen LogP contribution in [0.1, 0.15) is 39.5 Å². The molecular weight excluding hydrogens is 278 g/mol. The zero-order chi connectivity index (χ0) is 16.1. The van der Waals surface area contributed by atoms with Crippen molar-refractivity contribution >= 4 is 5.69 Å². The first-order chi connectivity index (χ1) is 10.6. The van der Waals surface area contributed by atoms with Gasteiger partial charge in [-0.1, -0.05) is 38.8 Å². The summed E-state index contributed by atoms with van der Waals surface area (Å²) in [6.45, 7) is 6.38. The summed E-state index contributed by atoms with van der Waals surface area (Å²) < 4.78 is 0. The third kappa shape index (κ3) is 3.21. The van der Waals surface area contributed by atoms with Crippen LogP contribution in [0.5, 0.6) is 5.75 Å². The number of unbranched alkanes of at least 4 members (excludes halogenated alkanes) is 2. The van der Waals surface area contributed by atoms with Gasteiger partial charge in [-0.25, -0.2) is 0 Å². The van der Waals surface area contributed by atoms with Gasteiger partial charge < -0.3 is 10.0 Å². The van der Waals surface area contributed by atoms with Gasteiger partial charge >= 0.3 is 0 Å². The first-order valence-corrected chi connectivity index (χ1v) is 7.97. The monoisotopic (exact) mass is 301 g/mol. The van der Waals surface area contributed by atoms with Crippen molar-refractivity contribution in [3.8, 4) is 16.9 Å². The normalized spacial score (nSPS) is 11.0. The van der Waals surface area contributed by atoms with E-state index in [4.69, 9.17) is 0 Å². The molecule has 0 spiro atoms. The average molecular weight is 301 g/mol. The van der Waals surface area contributed by atoms with Gasteiger partial charge in [-0.2, -0.15) is 0 Å². The van der Waals surface area contributed by atoms with Crippen LogP contribution in [0.25, 0.3) is 11.1 Å².